The molecule has 3 N–H and O–H groups in total. The van der Waals surface area contributed by atoms with Crippen LogP contribution in [0.1, 0.15) is 43.7 Å². The van der Waals surface area contributed by atoms with Gasteiger partial charge in [-0.25, -0.2) is 0 Å². The van der Waals surface area contributed by atoms with E-state index in [0.29, 0.717) is 12.2 Å². The van der Waals surface area contributed by atoms with E-state index in [1.165, 1.54) is 0 Å². The molecule has 0 aromatic heterocycles. The van der Waals surface area contributed by atoms with Gasteiger partial charge in [-0.2, -0.15) is 0 Å². The summed E-state index contributed by atoms with van der Waals surface area (Å²) in [4.78, 5) is 0. The molecule has 0 aliphatic rings. The fourth-order valence-corrected chi connectivity index (χ4v) is 3.60. The van der Waals surface area contributed by atoms with Crippen LogP contribution in [0.3, 0.4) is 0 Å². The summed E-state index contributed by atoms with van der Waals surface area (Å²) in [5.41, 5.74) is -0.296. The Balaban J connectivity index is 2.64. The van der Waals surface area contributed by atoms with Gasteiger partial charge in [-0.05, 0) is 37.5 Å². The average molecular weight is 373 g/mol. The molecule has 0 aliphatic carbocycles. The summed E-state index contributed by atoms with van der Waals surface area (Å²) in [6.07, 6.45) is 3.49. The average Bonchev–Trinajstić information content (AvgIpc) is 2.71. The van der Waals surface area contributed by atoms with E-state index in [9.17, 15) is 15.3 Å². The van der Waals surface area contributed by atoms with Gasteiger partial charge in [0, 0.05) is 0 Å². The molecule has 4 heteroatoms. The lowest BCUT2D eigenvalue weighted by Gasteiger charge is -2.48. The highest BCUT2D eigenvalue weighted by atomic mass is 16.5. The predicted octanol–water partition coefficient (Wildman–Crippen LogP) is 3.81. The second kappa shape index (κ2) is 9.88. The van der Waals surface area contributed by atoms with Crippen molar-refractivity contribution in [3.8, 4) is 5.75 Å². The second-order valence-corrected chi connectivity index (χ2v) is 7.32. The largest absolute Gasteiger partial charge is 0.482 e. The minimum Gasteiger partial charge on any atom is -0.482 e. The van der Waals surface area contributed by atoms with E-state index in [1.54, 1.807) is 0 Å². The van der Waals surface area contributed by atoms with Crippen molar-refractivity contribution in [3.05, 3.63) is 65.7 Å². The van der Waals surface area contributed by atoms with Gasteiger partial charge in [0.1, 0.15) is 11.4 Å². The summed E-state index contributed by atoms with van der Waals surface area (Å²) in [5, 5.41) is 30.8. The molecule has 0 aliphatic heterocycles. The second-order valence-electron chi connectivity index (χ2n) is 7.32. The van der Waals surface area contributed by atoms with Crippen molar-refractivity contribution in [2.24, 2.45) is 5.41 Å². The number of para-hydroxylation sites is 1. The standard InChI is InChI=1S/C23H32O4/c1-3-4-8-15-23(22(16-24,17-25)18-26,20-13-11-19(2)12-14-20)27-21-9-6-5-7-10-21/h5-7,9-14,24-26H,3-4,8,15-18H2,1-2H3. The Morgan fingerprint density at radius 3 is 1.93 bits per heavy atom. The maximum atomic E-state index is 10.3. The molecule has 0 radical (unpaired) electrons. The molecule has 0 spiro atoms. The first-order valence-corrected chi connectivity index (χ1v) is 9.71. The zero-order chi connectivity index (χ0) is 19.8. The highest BCUT2D eigenvalue weighted by Crippen LogP contribution is 2.47. The lowest BCUT2D eigenvalue weighted by molar-refractivity contribution is -0.149. The van der Waals surface area contributed by atoms with Gasteiger partial charge in [-0.15, -0.1) is 0 Å². The highest BCUT2D eigenvalue weighted by Gasteiger charge is 2.54. The van der Waals surface area contributed by atoms with Crippen LogP contribution in [0.25, 0.3) is 0 Å². The topological polar surface area (TPSA) is 69.9 Å². The van der Waals surface area contributed by atoms with Crippen LogP contribution in [0.4, 0.5) is 0 Å². The molecule has 2 rings (SSSR count). The SMILES string of the molecule is CCCCCC(Oc1ccccc1)(c1ccc(C)cc1)C(CO)(CO)CO. The molecule has 27 heavy (non-hydrogen) atoms. The van der Waals surface area contributed by atoms with E-state index in [0.717, 1.165) is 30.4 Å². The Morgan fingerprint density at radius 2 is 1.41 bits per heavy atom. The van der Waals surface area contributed by atoms with Crippen molar-refractivity contribution in [3.63, 3.8) is 0 Å². The third-order valence-corrected chi connectivity index (χ3v) is 5.45. The lowest BCUT2D eigenvalue weighted by Crippen LogP contribution is -2.56. The fourth-order valence-electron chi connectivity index (χ4n) is 3.60. The number of aliphatic hydroxyl groups is 3. The van der Waals surface area contributed by atoms with Gasteiger partial charge in [0.25, 0.3) is 0 Å². The molecule has 0 amide bonds. The summed E-state index contributed by atoms with van der Waals surface area (Å²) in [6.45, 7) is 2.99. The first kappa shape index (κ1) is 21.4. The zero-order valence-corrected chi connectivity index (χ0v) is 16.4. The quantitative estimate of drug-likeness (QED) is 0.525. The van der Waals surface area contributed by atoms with Crippen LogP contribution in [0.15, 0.2) is 54.6 Å². The molecule has 4 nitrogen and oxygen atoms in total. The van der Waals surface area contributed by atoms with Crippen LogP contribution < -0.4 is 4.74 Å². The van der Waals surface area contributed by atoms with Crippen molar-refractivity contribution in [2.45, 2.75) is 45.1 Å². The molecule has 0 fully saturated rings. The van der Waals surface area contributed by atoms with Gasteiger partial charge in [0.05, 0.1) is 25.2 Å². The molecule has 148 valence electrons. The predicted molar refractivity (Wildman–Crippen MR) is 108 cm³/mol. The van der Waals surface area contributed by atoms with Gasteiger partial charge in [-0.3, -0.25) is 0 Å². The molecular formula is C23H32O4. The van der Waals surface area contributed by atoms with Crippen LogP contribution in [0, 0.1) is 12.3 Å². The van der Waals surface area contributed by atoms with Crippen molar-refractivity contribution >= 4 is 0 Å². The smallest absolute Gasteiger partial charge is 0.146 e. The van der Waals surface area contributed by atoms with Crippen LogP contribution in [-0.2, 0) is 5.60 Å². The number of aryl methyl sites for hydroxylation is 1. The molecule has 0 heterocycles. The van der Waals surface area contributed by atoms with Gasteiger partial charge in [0.15, 0.2) is 0 Å². The third-order valence-electron chi connectivity index (χ3n) is 5.45. The number of rotatable bonds is 11. The highest BCUT2D eigenvalue weighted by molar-refractivity contribution is 5.33. The first-order chi connectivity index (χ1) is 13.1. The summed E-state index contributed by atoms with van der Waals surface area (Å²) in [5.74, 6) is 0.647. The Bertz CT molecular complexity index is 656. The van der Waals surface area contributed by atoms with Crippen molar-refractivity contribution in [1.82, 2.24) is 0 Å². The summed E-state index contributed by atoms with van der Waals surface area (Å²) >= 11 is 0. The van der Waals surface area contributed by atoms with E-state index >= 15 is 0 Å². The number of hydrogen-bond donors (Lipinski definition) is 3. The van der Waals surface area contributed by atoms with E-state index in [1.807, 2.05) is 61.5 Å². The van der Waals surface area contributed by atoms with E-state index in [4.69, 9.17) is 4.74 Å². The van der Waals surface area contributed by atoms with Crippen LogP contribution in [0.5, 0.6) is 5.75 Å². The fraction of sp³-hybridized carbons (Fsp3) is 0.478. The number of ether oxygens (including phenoxy) is 1. The number of unbranched alkanes of at least 4 members (excludes halogenated alkanes) is 2. The Kier molecular flexibility index (Phi) is 7.84. The minimum absolute atomic E-state index is 0.382. The Hall–Kier alpha value is -1.88. The first-order valence-electron chi connectivity index (χ1n) is 9.71. The molecule has 0 saturated heterocycles. The molecule has 0 saturated carbocycles. The summed E-state index contributed by atoms with van der Waals surface area (Å²) in [6, 6.07) is 17.3. The van der Waals surface area contributed by atoms with Crippen LogP contribution >= 0.6 is 0 Å². The lowest BCUT2D eigenvalue weighted by atomic mass is 9.66. The van der Waals surface area contributed by atoms with Gasteiger partial charge >= 0.3 is 0 Å². The van der Waals surface area contributed by atoms with Gasteiger partial charge in [0.2, 0.25) is 0 Å². The summed E-state index contributed by atoms with van der Waals surface area (Å²) < 4.78 is 6.53. The monoisotopic (exact) mass is 372 g/mol. The van der Waals surface area contributed by atoms with Gasteiger partial charge in [-0.1, -0.05) is 67.8 Å². The molecule has 2 aromatic rings. The van der Waals surface area contributed by atoms with Crippen molar-refractivity contribution < 1.29 is 20.1 Å². The molecule has 1 atom stereocenters. The normalized spacial score (nSPS) is 14.0. The molecule has 0 bridgehead atoms. The molecule has 1 unspecified atom stereocenters. The Morgan fingerprint density at radius 1 is 0.815 bits per heavy atom. The zero-order valence-electron chi connectivity index (χ0n) is 16.4. The van der Waals surface area contributed by atoms with Crippen LogP contribution in [-0.4, -0.2) is 35.1 Å². The van der Waals surface area contributed by atoms with E-state index in [2.05, 4.69) is 6.92 Å². The van der Waals surface area contributed by atoms with E-state index in [-0.39, 0.29) is 19.8 Å². The van der Waals surface area contributed by atoms with E-state index < -0.39 is 11.0 Å². The number of aliphatic hydroxyl groups excluding tert-OH is 3. The van der Waals surface area contributed by atoms with Gasteiger partial charge < -0.3 is 20.1 Å². The van der Waals surface area contributed by atoms with Crippen molar-refractivity contribution in [1.29, 1.82) is 0 Å². The molecular weight excluding hydrogens is 340 g/mol. The Labute approximate surface area is 162 Å². The maximum Gasteiger partial charge on any atom is 0.146 e. The number of benzene rings is 2. The van der Waals surface area contributed by atoms with Crippen LogP contribution in [0.2, 0.25) is 0 Å². The summed E-state index contributed by atoms with van der Waals surface area (Å²) in [7, 11) is 0. The number of hydrogen-bond acceptors (Lipinski definition) is 4. The third kappa shape index (κ3) is 4.52. The molecule has 2 aromatic carbocycles. The van der Waals surface area contributed by atoms with Crippen molar-refractivity contribution in [2.75, 3.05) is 19.8 Å². The maximum absolute atomic E-state index is 10.3. The minimum atomic E-state index is -1.22.